The van der Waals surface area contributed by atoms with Crippen molar-refractivity contribution in [2.75, 3.05) is 6.54 Å². The van der Waals surface area contributed by atoms with Crippen LogP contribution < -0.4 is 10.9 Å². The van der Waals surface area contributed by atoms with Crippen molar-refractivity contribution in [1.29, 1.82) is 0 Å². The molecule has 8 heteroatoms. The fourth-order valence-corrected chi connectivity index (χ4v) is 3.38. The molecule has 2 aromatic heterocycles. The predicted molar refractivity (Wildman–Crippen MR) is 102 cm³/mol. The first kappa shape index (κ1) is 18.2. The van der Waals surface area contributed by atoms with E-state index in [4.69, 9.17) is 0 Å². The highest BCUT2D eigenvalue weighted by molar-refractivity contribution is 8.00. The average Bonchev–Trinajstić information content (AvgIpc) is 2.94. The number of para-hydroxylation sites is 1. The quantitative estimate of drug-likeness (QED) is 0.511. The molecule has 7 nitrogen and oxygen atoms in total. The van der Waals surface area contributed by atoms with Gasteiger partial charge in [0, 0.05) is 18.8 Å². The van der Waals surface area contributed by atoms with Crippen LogP contribution in [0.1, 0.15) is 18.3 Å². The molecule has 26 heavy (non-hydrogen) atoms. The SMILES string of the molecule is Cc1ncn(CCNC(=O)C(C)Sc2nc3ccccc3c(=O)[nH]2)c1C. The number of fused-ring (bicyclic) bond motifs is 1. The van der Waals surface area contributed by atoms with Crippen LogP contribution in [-0.4, -0.2) is 37.2 Å². The lowest BCUT2D eigenvalue weighted by Crippen LogP contribution is -2.33. The van der Waals surface area contributed by atoms with Gasteiger partial charge in [-0.3, -0.25) is 9.59 Å². The molecule has 2 N–H and O–H groups in total. The molecule has 0 bridgehead atoms. The molecule has 1 atom stereocenters. The maximum atomic E-state index is 12.3. The maximum Gasteiger partial charge on any atom is 0.259 e. The Morgan fingerprint density at radius 1 is 1.35 bits per heavy atom. The number of rotatable bonds is 6. The van der Waals surface area contributed by atoms with Gasteiger partial charge in [0.05, 0.1) is 28.2 Å². The van der Waals surface area contributed by atoms with Gasteiger partial charge in [-0.1, -0.05) is 23.9 Å². The fraction of sp³-hybridized carbons (Fsp3) is 0.333. The molecule has 2 heterocycles. The number of hydrogen-bond acceptors (Lipinski definition) is 5. The van der Waals surface area contributed by atoms with Crippen LogP contribution in [0.25, 0.3) is 10.9 Å². The number of imidazole rings is 1. The van der Waals surface area contributed by atoms with Crippen molar-refractivity contribution in [3.63, 3.8) is 0 Å². The molecule has 1 amide bonds. The first-order valence-corrected chi connectivity index (χ1v) is 9.25. The normalized spacial score (nSPS) is 12.3. The van der Waals surface area contributed by atoms with Gasteiger partial charge >= 0.3 is 0 Å². The monoisotopic (exact) mass is 371 g/mol. The van der Waals surface area contributed by atoms with Crippen molar-refractivity contribution in [2.45, 2.75) is 37.7 Å². The zero-order chi connectivity index (χ0) is 18.7. The van der Waals surface area contributed by atoms with Crippen molar-refractivity contribution in [3.05, 3.63) is 52.3 Å². The van der Waals surface area contributed by atoms with Gasteiger partial charge in [0.15, 0.2) is 5.16 Å². The number of aromatic nitrogens is 4. The van der Waals surface area contributed by atoms with Crippen LogP contribution in [0.2, 0.25) is 0 Å². The summed E-state index contributed by atoms with van der Waals surface area (Å²) < 4.78 is 2.01. The molecular weight excluding hydrogens is 350 g/mol. The topological polar surface area (TPSA) is 92.7 Å². The van der Waals surface area contributed by atoms with E-state index in [1.807, 2.05) is 24.5 Å². The highest BCUT2D eigenvalue weighted by atomic mass is 32.2. The highest BCUT2D eigenvalue weighted by Gasteiger charge is 2.16. The molecule has 136 valence electrons. The molecule has 0 aliphatic carbocycles. The third-order valence-electron chi connectivity index (χ3n) is 4.25. The number of aromatic amines is 1. The van der Waals surface area contributed by atoms with Crippen LogP contribution in [0, 0.1) is 13.8 Å². The molecule has 0 aliphatic heterocycles. The van der Waals surface area contributed by atoms with E-state index in [9.17, 15) is 9.59 Å². The Balaban J connectivity index is 1.59. The van der Waals surface area contributed by atoms with Crippen LogP contribution in [0.15, 0.2) is 40.5 Å². The van der Waals surface area contributed by atoms with Gasteiger partial charge < -0.3 is 14.9 Å². The summed E-state index contributed by atoms with van der Waals surface area (Å²) in [4.78, 5) is 35.8. The Kier molecular flexibility index (Phi) is 5.41. The number of nitrogens with zero attached hydrogens (tertiary/aromatic N) is 3. The average molecular weight is 371 g/mol. The van der Waals surface area contributed by atoms with E-state index in [2.05, 4.69) is 20.3 Å². The summed E-state index contributed by atoms with van der Waals surface area (Å²) in [5.41, 5.74) is 2.51. The van der Waals surface area contributed by atoms with E-state index in [0.29, 0.717) is 29.1 Å². The summed E-state index contributed by atoms with van der Waals surface area (Å²) >= 11 is 1.24. The number of aryl methyl sites for hydroxylation is 1. The minimum absolute atomic E-state index is 0.0969. The lowest BCUT2D eigenvalue weighted by Gasteiger charge is -2.12. The van der Waals surface area contributed by atoms with E-state index < -0.39 is 0 Å². The zero-order valence-corrected chi connectivity index (χ0v) is 15.8. The number of carbonyl (C=O) groups excluding carboxylic acids is 1. The number of thioether (sulfide) groups is 1. The van der Waals surface area contributed by atoms with Crippen molar-refractivity contribution >= 4 is 28.6 Å². The number of benzene rings is 1. The molecule has 0 aliphatic rings. The third-order valence-corrected chi connectivity index (χ3v) is 5.23. The van der Waals surface area contributed by atoms with Gasteiger partial charge in [-0.25, -0.2) is 9.97 Å². The summed E-state index contributed by atoms with van der Waals surface area (Å²) in [6.45, 7) is 6.94. The van der Waals surface area contributed by atoms with Crippen molar-refractivity contribution in [2.24, 2.45) is 0 Å². The molecule has 0 saturated carbocycles. The number of amides is 1. The number of nitrogens with one attached hydrogen (secondary N) is 2. The number of hydrogen-bond donors (Lipinski definition) is 2. The highest BCUT2D eigenvalue weighted by Crippen LogP contribution is 2.20. The van der Waals surface area contributed by atoms with E-state index in [-0.39, 0.29) is 16.7 Å². The van der Waals surface area contributed by atoms with Crippen molar-refractivity contribution in [1.82, 2.24) is 24.8 Å². The van der Waals surface area contributed by atoms with Crippen LogP contribution in [0.5, 0.6) is 0 Å². The minimum Gasteiger partial charge on any atom is -0.353 e. The molecule has 3 rings (SSSR count). The summed E-state index contributed by atoms with van der Waals surface area (Å²) in [5.74, 6) is -0.0969. The van der Waals surface area contributed by atoms with Gasteiger partial charge in [0.25, 0.3) is 5.56 Å². The van der Waals surface area contributed by atoms with Crippen LogP contribution >= 0.6 is 11.8 Å². The summed E-state index contributed by atoms with van der Waals surface area (Å²) in [6, 6.07) is 7.14. The largest absolute Gasteiger partial charge is 0.353 e. The Hall–Kier alpha value is -2.61. The smallest absolute Gasteiger partial charge is 0.259 e. The Morgan fingerprint density at radius 2 is 2.12 bits per heavy atom. The standard InChI is InChI=1S/C18H21N5O2S/c1-11-12(2)23(10-20-11)9-8-19-16(24)13(3)26-18-21-15-7-5-4-6-14(15)17(25)22-18/h4-7,10,13H,8-9H2,1-3H3,(H,19,24)(H,21,22,25). The van der Waals surface area contributed by atoms with Crippen LogP contribution in [0.4, 0.5) is 0 Å². The van der Waals surface area contributed by atoms with E-state index in [1.165, 1.54) is 11.8 Å². The number of carbonyl (C=O) groups is 1. The Labute approximate surface area is 155 Å². The molecule has 0 saturated heterocycles. The van der Waals surface area contributed by atoms with Gasteiger partial charge in [-0.05, 0) is 32.9 Å². The number of H-pyrrole nitrogens is 1. The summed E-state index contributed by atoms with van der Waals surface area (Å²) in [7, 11) is 0. The molecule has 0 radical (unpaired) electrons. The Bertz CT molecular complexity index is 995. The molecule has 0 spiro atoms. The third kappa shape index (κ3) is 3.96. The lowest BCUT2D eigenvalue weighted by atomic mass is 10.2. The lowest BCUT2D eigenvalue weighted by molar-refractivity contribution is -0.120. The minimum atomic E-state index is -0.370. The van der Waals surface area contributed by atoms with Gasteiger partial charge in [-0.15, -0.1) is 0 Å². The fourth-order valence-electron chi connectivity index (χ4n) is 2.55. The maximum absolute atomic E-state index is 12.3. The van der Waals surface area contributed by atoms with Crippen molar-refractivity contribution in [3.8, 4) is 0 Å². The van der Waals surface area contributed by atoms with Gasteiger partial charge in [0.1, 0.15) is 0 Å². The second-order valence-corrected chi connectivity index (χ2v) is 7.38. The molecule has 1 unspecified atom stereocenters. The molecular formula is C18H21N5O2S. The zero-order valence-electron chi connectivity index (χ0n) is 14.9. The van der Waals surface area contributed by atoms with Crippen molar-refractivity contribution < 1.29 is 4.79 Å². The van der Waals surface area contributed by atoms with E-state index >= 15 is 0 Å². The first-order chi connectivity index (χ1) is 12.5. The Morgan fingerprint density at radius 3 is 2.85 bits per heavy atom. The first-order valence-electron chi connectivity index (χ1n) is 8.37. The van der Waals surface area contributed by atoms with Gasteiger partial charge in [-0.2, -0.15) is 0 Å². The van der Waals surface area contributed by atoms with E-state index in [1.54, 1.807) is 31.5 Å². The van der Waals surface area contributed by atoms with Gasteiger partial charge in [0.2, 0.25) is 5.91 Å². The second-order valence-electron chi connectivity index (χ2n) is 6.05. The van der Waals surface area contributed by atoms with E-state index in [0.717, 1.165) is 11.4 Å². The molecule has 3 aromatic rings. The summed E-state index contributed by atoms with van der Waals surface area (Å²) in [5, 5.41) is 3.52. The molecule has 0 fully saturated rings. The second kappa shape index (κ2) is 7.74. The predicted octanol–water partition coefficient (Wildman–Crippen LogP) is 2.03. The van der Waals surface area contributed by atoms with Crippen LogP contribution in [-0.2, 0) is 11.3 Å². The van der Waals surface area contributed by atoms with Crippen LogP contribution in [0.3, 0.4) is 0 Å². The summed E-state index contributed by atoms with van der Waals surface area (Å²) in [6.07, 6.45) is 1.78. The molecule has 1 aromatic carbocycles.